The van der Waals surface area contributed by atoms with E-state index < -0.39 is 10.8 Å². The number of rotatable bonds is 5. The minimum atomic E-state index is -0.721. The quantitative estimate of drug-likeness (QED) is 0.903. The van der Waals surface area contributed by atoms with Crippen LogP contribution in [-0.2, 0) is 10.8 Å². The van der Waals surface area contributed by atoms with E-state index in [2.05, 4.69) is 54.4 Å². The third kappa shape index (κ3) is 4.14. The molecule has 1 fully saturated rings. The molecule has 4 atom stereocenters. The van der Waals surface area contributed by atoms with Crippen LogP contribution in [0.4, 0.5) is 0 Å². The second-order valence-electron chi connectivity index (χ2n) is 5.83. The molecule has 20 heavy (non-hydrogen) atoms. The minimum Gasteiger partial charge on any atom is -0.311 e. The Morgan fingerprint density at radius 1 is 1.40 bits per heavy atom. The highest BCUT2D eigenvalue weighted by atomic mass is 32.2. The van der Waals surface area contributed by atoms with Crippen molar-refractivity contribution in [3.8, 4) is 0 Å². The van der Waals surface area contributed by atoms with Gasteiger partial charge < -0.3 is 5.32 Å². The van der Waals surface area contributed by atoms with Crippen LogP contribution in [-0.4, -0.2) is 46.3 Å². The van der Waals surface area contributed by atoms with Crippen LogP contribution in [0.15, 0.2) is 30.3 Å². The fourth-order valence-corrected chi connectivity index (χ4v) is 3.19. The van der Waals surface area contributed by atoms with Crippen molar-refractivity contribution in [2.75, 3.05) is 25.9 Å². The number of piperazine rings is 1. The van der Waals surface area contributed by atoms with Crippen LogP contribution in [0.25, 0.3) is 0 Å². The van der Waals surface area contributed by atoms with Crippen LogP contribution in [0.1, 0.15) is 31.9 Å². The van der Waals surface area contributed by atoms with E-state index in [0.29, 0.717) is 12.1 Å². The van der Waals surface area contributed by atoms with Gasteiger partial charge in [0.25, 0.3) is 0 Å². The van der Waals surface area contributed by atoms with Gasteiger partial charge in [0, 0.05) is 47.5 Å². The molecule has 4 unspecified atom stereocenters. The molecule has 1 N–H and O–H groups in total. The average molecular weight is 294 g/mol. The summed E-state index contributed by atoms with van der Waals surface area (Å²) in [4.78, 5) is 2.54. The normalized spacial score (nSPS) is 27.1. The predicted molar refractivity (Wildman–Crippen MR) is 86.4 cm³/mol. The number of nitrogens with one attached hydrogen (secondary N) is 1. The number of hydrogen-bond donors (Lipinski definition) is 1. The molecule has 1 aliphatic rings. The largest absolute Gasteiger partial charge is 0.311 e. The maximum Gasteiger partial charge on any atom is 0.0473 e. The molecule has 1 aromatic carbocycles. The van der Waals surface area contributed by atoms with E-state index in [4.69, 9.17) is 0 Å². The summed E-state index contributed by atoms with van der Waals surface area (Å²) >= 11 is 0. The van der Waals surface area contributed by atoms with Gasteiger partial charge in [-0.25, -0.2) is 0 Å². The van der Waals surface area contributed by atoms with Crippen LogP contribution in [0, 0.1) is 0 Å². The zero-order valence-electron chi connectivity index (χ0n) is 12.7. The van der Waals surface area contributed by atoms with E-state index in [1.165, 1.54) is 5.56 Å². The molecule has 2 rings (SSSR count). The van der Waals surface area contributed by atoms with E-state index >= 15 is 0 Å². The first-order chi connectivity index (χ1) is 9.58. The number of nitrogens with zero attached hydrogens (tertiary/aromatic N) is 1. The molecule has 0 radical (unpaired) electrons. The Morgan fingerprint density at radius 3 is 2.75 bits per heavy atom. The van der Waals surface area contributed by atoms with Gasteiger partial charge in [-0.15, -0.1) is 0 Å². The molecule has 3 nitrogen and oxygen atoms in total. The summed E-state index contributed by atoms with van der Waals surface area (Å²) in [6, 6.07) is 11.6. The van der Waals surface area contributed by atoms with Crippen molar-refractivity contribution in [1.82, 2.24) is 10.2 Å². The number of benzene rings is 1. The minimum absolute atomic E-state index is 0.275. The van der Waals surface area contributed by atoms with Crippen LogP contribution < -0.4 is 5.32 Å². The second kappa shape index (κ2) is 7.34. The molecule has 112 valence electrons. The lowest BCUT2D eigenvalue weighted by Crippen LogP contribution is -2.51. The Bertz CT molecular complexity index is 437. The molecule has 1 aliphatic heterocycles. The van der Waals surface area contributed by atoms with Crippen LogP contribution in [0.5, 0.6) is 0 Å². The summed E-state index contributed by atoms with van der Waals surface area (Å²) in [6.45, 7) is 7.39. The molecular weight excluding hydrogens is 268 g/mol. The van der Waals surface area contributed by atoms with E-state index in [9.17, 15) is 4.21 Å². The zero-order valence-corrected chi connectivity index (χ0v) is 13.5. The summed E-state index contributed by atoms with van der Waals surface area (Å²) in [7, 11) is -0.721. The number of hydrogen-bond acceptors (Lipinski definition) is 3. The Morgan fingerprint density at radius 2 is 2.10 bits per heavy atom. The molecule has 1 saturated heterocycles. The van der Waals surface area contributed by atoms with Gasteiger partial charge in [-0.2, -0.15) is 0 Å². The summed E-state index contributed by atoms with van der Waals surface area (Å²) in [5.41, 5.74) is 1.37. The maximum atomic E-state index is 11.5. The van der Waals surface area contributed by atoms with Gasteiger partial charge in [-0.3, -0.25) is 9.11 Å². The monoisotopic (exact) mass is 294 g/mol. The van der Waals surface area contributed by atoms with Gasteiger partial charge in [0.2, 0.25) is 0 Å². The summed E-state index contributed by atoms with van der Waals surface area (Å²) in [5, 5.41) is 3.84. The molecule has 0 amide bonds. The predicted octanol–water partition coefficient (Wildman–Crippen LogP) is 2.18. The SMILES string of the molecule is CC1CN(CCC(C)S(C)=O)C(c2ccccc2)CN1. The summed E-state index contributed by atoms with van der Waals surface area (Å²) in [5.74, 6) is 0. The Hall–Kier alpha value is -0.710. The molecule has 4 heteroatoms. The first kappa shape index (κ1) is 15.7. The van der Waals surface area contributed by atoms with Crippen LogP contribution >= 0.6 is 0 Å². The van der Waals surface area contributed by atoms with Gasteiger partial charge in [-0.05, 0) is 25.5 Å². The lowest BCUT2D eigenvalue weighted by Gasteiger charge is -2.40. The standard InChI is InChI=1S/C16H26N2OS/c1-13-12-18(10-9-14(2)20(3)19)16(11-17-13)15-7-5-4-6-8-15/h4-8,13-14,16-17H,9-12H2,1-3H3. The maximum absolute atomic E-state index is 11.5. The fraction of sp³-hybridized carbons (Fsp3) is 0.625. The van der Waals surface area contributed by atoms with Crippen molar-refractivity contribution in [1.29, 1.82) is 0 Å². The zero-order chi connectivity index (χ0) is 14.5. The van der Waals surface area contributed by atoms with E-state index in [0.717, 1.165) is 26.1 Å². The lowest BCUT2D eigenvalue weighted by molar-refractivity contribution is 0.134. The van der Waals surface area contributed by atoms with Crippen LogP contribution in [0.3, 0.4) is 0 Å². The van der Waals surface area contributed by atoms with Gasteiger partial charge in [0.1, 0.15) is 0 Å². The second-order valence-corrected chi connectivity index (χ2v) is 7.63. The fourth-order valence-electron chi connectivity index (χ4n) is 2.75. The van der Waals surface area contributed by atoms with Gasteiger partial charge in [0.15, 0.2) is 0 Å². The van der Waals surface area contributed by atoms with E-state index in [1.807, 2.05) is 0 Å². The van der Waals surface area contributed by atoms with Crippen molar-refractivity contribution in [2.24, 2.45) is 0 Å². The Balaban J connectivity index is 2.03. The molecule has 0 bridgehead atoms. The summed E-state index contributed by atoms with van der Waals surface area (Å²) < 4.78 is 11.5. The Labute approximate surface area is 125 Å². The van der Waals surface area contributed by atoms with Crippen molar-refractivity contribution < 1.29 is 4.21 Å². The van der Waals surface area contributed by atoms with E-state index in [-0.39, 0.29) is 5.25 Å². The molecule has 0 aliphatic carbocycles. The molecule has 0 saturated carbocycles. The summed E-state index contributed by atoms with van der Waals surface area (Å²) in [6.07, 6.45) is 2.80. The van der Waals surface area contributed by atoms with Gasteiger partial charge in [-0.1, -0.05) is 37.3 Å². The van der Waals surface area contributed by atoms with Crippen molar-refractivity contribution in [3.63, 3.8) is 0 Å². The lowest BCUT2D eigenvalue weighted by atomic mass is 10.0. The molecule has 0 spiro atoms. The smallest absolute Gasteiger partial charge is 0.0473 e. The Kier molecular flexibility index (Phi) is 5.75. The highest BCUT2D eigenvalue weighted by Gasteiger charge is 2.27. The third-order valence-corrected chi connectivity index (χ3v) is 5.55. The highest BCUT2D eigenvalue weighted by Crippen LogP contribution is 2.24. The molecule has 0 aromatic heterocycles. The highest BCUT2D eigenvalue weighted by molar-refractivity contribution is 7.84. The van der Waals surface area contributed by atoms with Crippen molar-refractivity contribution in [2.45, 2.75) is 37.6 Å². The first-order valence-corrected chi connectivity index (χ1v) is 9.04. The molecule has 1 heterocycles. The third-order valence-electron chi connectivity index (χ3n) is 4.18. The van der Waals surface area contributed by atoms with Crippen molar-refractivity contribution in [3.05, 3.63) is 35.9 Å². The van der Waals surface area contributed by atoms with Crippen LogP contribution in [0.2, 0.25) is 0 Å². The first-order valence-electron chi connectivity index (χ1n) is 7.42. The van der Waals surface area contributed by atoms with Crippen molar-refractivity contribution >= 4 is 10.8 Å². The topological polar surface area (TPSA) is 32.3 Å². The average Bonchev–Trinajstić information content (AvgIpc) is 2.45. The van der Waals surface area contributed by atoms with E-state index in [1.54, 1.807) is 6.26 Å². The molecule has 1 aromatic rings. The van der Waals surface area contributed by atoms with Gasteiger partial charge >= 0.3 is 0 Å². The van der Waals surface area contributed by atoms with Gasteiger partial charge in [0.05, 0.1) is 0 Å². The molecular formula is C16H26N2OS.